The molecule has 0 aliphatic carbocycles. The molecule has 3 rings (SSSR count). The number of ether oxygens (including phenoxy) is 2. The van der Waals surface area contributed by atoms with Crippen molar-refractivity contribution in [3.8, 4) is 11.4 Å². The molecule has 0 fully saturated rings. The van der Waals surface area contributed by atoms with Crippen molar-refractivity contribution >= 4 is 22.7 Å². The number of carbonyl (C=O) groups excluding carboxylic acids is 1. The van der Waals surface area contributed by atoms with Crippen LogP contribution in [0.3, 0.4) is 0 Å². The maximum atomic E-state index is 11.7. The second-order valence-corrected chi connectivity index (χ2v) is 4.84. The van der Waals surface area contributed by atoms with E-state index in [-0.39, 0.29) is 5.97 Å². The first-order valence-electron chi connectivity index (χ1n) is 7.10. The Morgan fingerprint density at radius 2 is 1.83 bits per heavy atom. The number of nitrogens with zero attached hydrogens (tertiary/aromatic N) is 3. The highest BCUT2D eigenvalue weighted by atomic mass is 16.5. The van der Waals surface area contributed by atoms with Gasteiger partial charge in [0.1, 0.15) is 16.8 Å². The molecule has 1 heterocycles. The van der Waals surface area contributed by atoms with Crippen LogP contribution >= 0.6 is 0 Å². The number of rotatable bonds is 4. The molecule has 7 heteroatoms. The Morgan fingerprint density at radius 1 is 1.17 bits per heavy atom. The summed E-state index contributed by atoms with van der Waals surface area (Å²) in [5.41, 5.74) is 8.93. The summed E-state index contributed by atoms with van der Waals surface area (Å²) >= 11 is 0. The number of nitrogens with two attached hydrogens (primary N) is 1. The fraction of sp³-hybridized carbons (Fsp3) is 0.188. The van der Waals surface area contributed by atoms with Gasteiger partial charge in [-0.3, -0.25) is 0 Å². The summed E-state index contributed by atoms with van der Waals surface area (Å²) in [6.07, 6.45) is 0. The summed E-state index contributed by atoms with van der Waals surface area (Å²) in [5.74, 6) is 0.206. The molecule has 0 radical (unpaired) electrons. The van der Waals surface area contributed by atoms with Gasteiger partial charge >= 0.3 is 5.97 Å². The molecular weight excluding hydrogens is 296 g/mol. The van der Waals surface area contributed by atoms with Crippen molar-refractivity contribution in [3.05, 3.63) is 42.0 Å². The highest BCUT2D eigenvalue weighted by Crippen LogP contribution is 2.26. The van der Waals surface area contributed by atoms with Gasteiger partial charge in [-0.25, -0.2) is 4.79 Å². The van der Waals surface area contributed by atoms with Crippen LogP contribution in [0.1, 0.15) is 17.3 Å². The van der Waals surface area contributed by atoms with E-state index in [1.807, 2.05) is 0 Å². The number of hydrogen-bond acceptors (Lipinski definition) is 6. The van der Waals surface area contributed by atoms with Crippen LogP contribution in [-0.2, 0) is 4.74 Å². The van der Waals surface area contributed by atoms with E-state index in [1.165, 1.54) is 4.80 Å². The highest BCUT2D eigenvalue weighted by Gasteiger charge is 2.10. The topological polar surface area (TPSA) is 92.3 Å². The lowest BCUT2D eigenvalue weighted by Gasteiger charge is -2.03. The number of carbonyl (C=O) groups is 1. The van der Waals surface area contributed by atoms with Gasteiger partial charge < -0.3 is 15.2 Å². The number of methoxy groups -OCH3 is 1. The number of benzene rings is 2. The maximum Gasteiger partial charge on any atom is 0.338 e. The molecule has 0 aliphatic rings. The molecule has 0 bridgehead atoms. The van der Waals surface area contributed by atoms with Crippen LogP contribution in [-0.4, -0.2) is 34.7 Å². The van der Waals surface area contributed by atoms with Gasteiger partial charge in [0.25, 0.3) is 0 Å². The number of nitrogen functional groups attached to an aromatic ring is 1. The summed E-state index contributed by atoms with van der Waals surface area (Å²) in [6.45, 7) is 2.11. The fourth-order valence-corrected chi connectivity index (χ4v) is 2.20. The van der Waals surface area contributed by atoms with E-state index in [0.717, 1.165) is 5.69 Å². The SMILES string of the molecule is CCOC(=O)c1ccc(-n2nc3cc(N)c(OC)cc3n2)cc1. The number of hydrogen-bond donors (Lipinski definition) is 1. The Balaban J connectivity index is 1.95. The summed E-state index contributed by atoms with van der Waals surface area (Å²) in [6, 6.07) is 10.3. The molecule has 0 unspecified atom stereocenters. The third kappa shape index (κ3) is 2.80. The van der Waals surface area contributed by atoms with Crippen LogP contribution in [0.25, 0.3) is 16.7 Å². The van der Waals surface area contributed by atoms with Gasteiger partial charge in [0.2, 0.25) is 0 Å². The van der Waals surface area contributed by atoms with Crippen molar-refractivity contribution in [1.82, 2.24) is 15.0 Å². The van der Waals surface area contributed by atoms with Crippen molar-refractivity contribution in [3.63, 3.8) is 0 Å². The van der Waals surface area contributed by atoms with Gasteiger partial charge in [-0.15, -0.1) is 10.2 Å². The zero-order valence-corrected chi connectivity index (χ0v) is 12.8. The quantitative estimate of drug-likeness (QED) is 0.586. The van der Waals surface area contributed by atoms with E-state index < -0.39 is 0 Å². The van der Waals surface area contributed by atoms with Crippen LogP contribution < -0.4 is 10.5 Å². The molecule has 0 amide bonds. The molecular formula is C16H16N4O3. The fourth-order valence-electron chi connectivity index (χ4n) is 2.20. The van der Waals surface area contributed by atoms with Gasteiger partial charge in [-0.05, 0) is 37.3 Å². The van der Waals surface area contributed by atoms with Crippen molar-refractivity contribution in [1.29, 1.82) is 0 Å². The van der Waals surface area contributed by atoms with Crippen LogP contribution in [0, 0.1) is 0 Å². The van der Waals surface area contributed by atoms with Gasteiger partial charge in [0, 0.05) is 6.07 Å². The van der Waals surface area contributed by atoms with Gasteiger partial charge in [0.05, 0.1) is 30.7 Å². The zero-order valence-electron chi connectivity index (χ0n) is 12.8. The van der Waals surface area contributed by atoms with Crippen LogP contribution in [0.2, 0.25) is 0 Å². The molecule has 118 valence electrons. The predicted octanol–water partition coefficient (Wildman–Crippen LogP) is 2.19. The Kier molecular flexibility index (Phi) is 3.84. The second-order valence-electron chi connectivity index (χ2n) is 4.84. The van der Waals surface area contributed by atoms with Gasteiger partial charge in [0.15, 0.2) is 0 Å². The van der Waals surface area contributed by atoms with E-state index in [0.29, 0.717) is 34.6 Å². The van der Waals surface area contributed by atoms with Crippen LogP contribution in [0.15, 0.2) is 36.4 Å². The van der Waals surface area contributed by atoms with E-state index in [2.05, 4.69) is 10.2 Å². The Morgan fingerprint density at radius 3 is 2.43 bits per heavy atom. The summed E-state index contributed by atoms with van der Waals surface area (Å²) in [5, 5.41) is 8.78. The molecule has 0 saturated heterocycles. The standard InChI is InChI=1S/C16H16N4O3/c1-3-23-16(21)10-4-6-11(7-5-10)20-18-13-8-12(17)15(22-2)9-14(13)19-20/h4-9H,3,17H2,1-2H3. The molecule has 2 N–H and O–H groups in total. The predicted molar refractivity (Wildman–Crippen MR) is 85.8 cm³/mol. The van der Waals surface area contributed by atoms with Crippen LogP contribution in [0.5, 0.6) is 5.75 Å². The highest BCUT2D eigenvalue weighted by molar-refractivity contribution is 5.89. The first kappa shape index (κ1) is 14.8. The molecule has 2 aromatic carbocycles. The number of aromatic nitrogens is 3. The molecule has 7 nitrogen and oxygen atoms in total. The molecule has 0 atom stereocenters. The Labute approximate surface area is 132 Å². The van der Waals surface area contributed by atoms with Gasteiger partial charge in [-0.1, -0.05) is 0 Å². The smallest absolute Gasteiger partial charge is 0.338 e. The lowest BCUT2D eigenvalue weighted by Crippen LogP contribution is -2.05. The van der Waals surface area contributed by atoms with Gasteiger partial charge in [-0.2, -0.15) is 4.80 Å². The lowest BCUT2D eigenvalue weighted by atomic mass is 10.2. The van der Waals surface area contributed by atoms with E-state index in [9.17, 15) is 4.79 Å². The molecule has 0 aliphatic heterocycles. The Hall–Kier alpha value is -3.09. The van der Waals surface area contributed by atoms with Crippen molar-refractivity contribution in [2.75, 3.05) is 19.5 Å². The Bertz CT molecular complexity index is 856. The monoisotopic (exact) mass is 312 g/mol. The second kappa shape index (κ2) is 5.96. The molecule has 3 aromatic rings. The average molecular weight is 312 g/mol. The first-order valence-corrected chi connectivity index (χ1v) is 7.10. The molecule has 1 aromatic heterocycles. The third-order valence-electron chi connectivity index (χ3n) is 3.34. The largest absolute Gasteiger partial charge is 0.495 e. The first-order chi connectivity index (χ1) is 11.1. The minimum Gasteiger partial charge on any atom is -0.495 e. The number of esters is 1. The summed E-state index contributed by atoms with van der Waals surface area (Å²) < 4.78 is 10.1. The molecule has 0 saturated carbocycles. The zero-order chi connectivity index (χ0) is 16.4. The number of anilines is 1. The minimum absolute atomic E-state index is 0.343. The normalized spacial score (nSPS) is 10.7. The van der Waals surface area contributed by atoms with E-state index in [1.54, 1.807) is 50.4 Å². The van der Waals surface area contributed by atoms with E-state index in [4.69, 9.17) is 15.2 Å². The maximum absolute atomic E-state index is 11.7. The lowest BCUT2D eigenvalue weighted by molar-refractivity contribution is 0.0526. The van der Waals surface area contributed by atoms with Crippen molar-refractivity contribution < 1.29 is 14.3 Å². The average Bonchev–Trinajstić information content (AvgIpc) is 2.97. The third-order valence-corrected chi connectivity index (χ3v) is 3.34. The summed E-state index contributed by atoms with van der Waals surface area (Å²) in [7, 11) is 1.55. The van der Waals surface area contributed by atoms with Crippen molar-refractivity contribution in [2.45, 2.75) is 6.92 Å². The van der Waals surface area contributed by atoms with E-state index >= 15 is 0 Å². The van der Waals surface area contributed by atoms with Crippen molar-refractivity contribution in [2.24, 2.45) is 0 Å². The summed E-state index contributed by atoms with van der Waals surface area (Å²) in [4.78, 5) is 13.1. The molecule has 0 spiro atoms. The molecule has 23 heavy (non-hydrogen) atoms. The minimum atomic E-state index is -0.352. The number of fused-ring (bicyclic) bond motifs is 1. The van der Waals surface area contributed by atoms with Crippen LogP contribution in [0.4, 0.5) is 5.69 Å².